The van der Waals surface area contributed by atoms with Crippen molar-refractivity contribution >= 4 is 17.7 Å². The number of hydrogen-bond acceptors (Lipinski definition) is 6. The second-order valence-corrected chi connectivity index (χ2v) is 8.26. The van der Waals surface area contributed by atoms with Crippen molar-refractivity contribution in [2.45, 2.75) is 26.4 Å². The maximum absolute atomic E-state index is 12.5. The van der Waals surface area contributed by atoms with Crippen LogP contribution in [-0.4, -0.2) is 51.8 Å². The molecule has 2 aromatic carbocycles. The van der Waals surface area contributed by atoms with E-state index in [1.807, 2.05) is 32.0 Å². The molecule has 0 bridgehead atoms. The van der Waals surface area contributed by atoms with Crippen LogP contribution >= 0.6 is 0 Å². The number of carbonyl (C=O) groups excluding carboxylic acids is 3. The average Bonchev–Trinajstić information content (AvgIpc) is 3.33. The van der Waals surface area contributed by atoms with Gasteiger partial charge in [0, 0.05) is 18.2 Å². The van der Waals surface area contributed by atoms with Crippen LogP contribution in [0.2, 0.25) is 0 Å². The number of hydrogen-bond donors (Lipinski definition) is 1. The molecule has 0 fully saturated rings. The summed E-state index contributed by atoms with van der Waals surface area (Å²) in [6.07, 6.45) is 2.15. The summed E-state index contributed by atoms with van der Waals surface area (Å²) in [5, 5.41) is 2.78. The van der Waals surface area contributed by atoms with Gasteiger partial charge in [0.1, 0.15) is 18.4 Å². The van der Waals surface area contributed by atoms with Gasteiger partial charge >= 0.3 is 0 Å². The first kappa shape index (κ1) is 20.8. The van der Waals surface area contributed by atoms with Crippen molar-refractivity contribution in [2.24, 2.45) is 0 Å². The molecule has 33 heavy (non-hydrogen) atoms. The molecule has 8 nitrogen and oxygen atoms in total. The number of benzene rings is 2. The van der Waals surface area contributed by atoms with Gasteiger partial charge in [0.2, 0.25) is 5.91 Å². The van der Waals surface area contributed by atoms with Crippen LogP contribution in [0.1, 0.15) is 37.7 Å². The highest BCUT2D eigenvalue weighted by Gasteiger charge is 2.36. The number of rotatable bonds is 5. The Morgan fingerprint density at radius 3 is 2.58 bits per heavy atom. The second kappa shape index (κ2) is 8.12. The summed E-state index contributed by atoms with van der Waals surface area (Å²) < 4.78 is 5.97. The van der Waals surface area contributed by atoms with Crippen LogP contribution in [0.4, 0.5) is 0 Å². The summed E-state index contributed by atoms with van der Waals surface area (Å²) in [5.41, 5.74) is 5.22. The molecule has 2 aliphatic rings. The number of nitrogens with one attached hydrogen (secondary N) is 1. The lowest BCUT2D eigenvalue weighted by Crippen LogP contribution is -2.43. The molecule has 5 rings (SSSR count). The summed E-state index contributed by atoms with van der Waals surface area (Å²) >= 11 is 0. The van der Waals surface area contributed by atoms with Gasteiger partial charge in [-0.3, -0.25) is 24.3 Å². The van der Waals surface area contributed by atoms with Gasteiger partial charge in [-0.15, -0.1) is 0 Å². The maximum Gasteiger partial charge on any atom is 0.262 e. The highest BCUT2D eigenvalue weighted by Crippen LogP contribution is 2.33. The van der Waals surface area contributed by atoms with Crippen LogP contribution in [0.25, 0.3) is 11.3 Å². The van der Waals surface area contributed by atoms with E-state index in [0.29, 0.717) is 17.5 Å². The lowest BCUT2D eigenvalue weighted by Gasteiger charge is -2.15. The Balaban J connectivity index is 1.20. The molecule has 0 radical (unpaired) electrons. The predicted octanol–water partition coefficient (Wildman–Crippen LogP) is 2.48. The number of imide groups is 1. The first-order valence-electron chi connectivity index (χ1n) is 10.7. The van der Waals surface area contributed by atoms with E-state index in [1.54, 1.807) is 30.5 Å². The standard InChI is InChI=1S/C25H22N4O4/c1-14-11-26-15(2)23(28-14)16-7-8-21-17(9-16)10-18(33-21)12-27-22(30)13-29-24(31)19-5-3-4-6-20(19)25(29)32/h3-9,11,18H,10,12-13H2,1-2H3,(H,27,30). The molecular formula is C25H22N4O4. The topological polar surface area (TPSA) is 101 Å². The second-order valence-electron chi connectivity index (χ2n) is 8.26. The first-order chi connectivity index (χ1) is 15.9. The van der Waals surface area contributed by atoms with E-state index in [-0.39, 0.29) is 19.2 Å². The molecule has 1 N–H and O–H groups in total. The minimum atomic E-state index is -0.447. The molecular weight excluding hydrogens is 420 g/mol. The van der Waals surface area contributed by atoms with Crippen molar-refractivity contribution in [3.05, 3.63) is 76.7 Å². The third-order valence-electron chi connectivity index (χ3n) is 5.86. The molecule has 0 aliphatic carbocycles. The van der Waals surface area contributed by atoms with E-state index in [9.17, 15) is 14.4 Å². The molecule has 2 aliphatic heterocycles. The maximum atomic E-state index is 12.5. The zero-order valence-corrected chi connectivity index (χ0v) is 18.3. The van der Waals surface area contributed by atoms with Gasteiger partial charge in [-0.2, -0.15) is 0 Å². The fraction of sp³-hybridized carbons (Fsp3) is 0.240. The highest BCUT2D eigenvalue weighted by molar-refractivity contribution is 6.22. The SMILES string of the molecule is Cc1cnc(C)c(-c2ccc3c(c2)CC(CNC(=O)CN2C(=O)c4ccccc4C2=O)O3)n1. The summed E-state index contributed by atoms with van der Waals surface area (Å²) in [4.78, 5) is 47.3. The Labute approximate surface area is 190 Å². The third-order valence-corrected chi connectivity index (χ3v) is 5.86. The zero-order chi connectivity index (χ0) is 23.1. The molecule has 1 atom stereocenters. The lowest BCUT2D eigenvalue weighted by atomic mass is 10.0. The van der Waals surface area contributed by atoms with Gasteiger partial charge in [0.25, 0.3) is 11.8 Å². The molecule has 3 aromatic rings. The van der Waals surface area contributed by atoms with Crippen molar-refractivity contribution in [2.75, 3.05) is 13.1 Å². The number of aryl methyl sites for hydroxylation is 2. The number of amides is 3. The molecule has 0 spiro atoms. The first-order valence-corrected chi connectivity index (χ1v) is 10.7. The Kier molecular flexibility index (Phi) is 5.12. The predicted molar refractivity (Wildman–Crippen MR) is 120 cm³/mol. The molecule has 3 amide bonds. The van der Waals surface area contributed by atoms with Crippen LogP contribution in [-0.2, 0) is 11.2 Å². The van der Waals surface area contributed by atoms with Crippen LogP contribution in [0, 0.1) is 13.8 Å². The van der Waals surface area contributed by atoms with Crippen molar-refractivity contribution in [1.82, 2.24) is 20.2 Å². The number of carbonyl (C=O) groups is 3. The highest BCUT2D eigenvalue weighted by atomic mass is 16.5. The smallest absolute Gasteiger partial charge is 0.262 e. The zero-order valence-electron chi connectivity index (χ0n) is 18.3. The molecule has 166 valence electrons. The summed E-state index contributed by atoms with van der Waals surface area (Å²) in [6, 6.07) is 12.5. The molecule has 1 unspecified atom stereocenters. The van der Waals surface area contributed by atoms with Crippen LogP contribution in [0.5, 0.6) is 5.75 Å². The van der Waals surface area contributed by atoms with Crippen LogP contribution < -0.4 is 10.1 Å². The van der Waals surface area contributed by atoms with Crippen LogP contribution in [0.3, 0.4) is 0 Å². The van der Waals surface area contributed by atoms with Crippen molar-refractivity contribution in [1.29, 1.82) is 0 Å². The van der Waals surface area contributed by atoms with Crippen molar-refractivity contribution in [3.63, 3.8) is 0 Å². The summed E-state index contributed by atoms with van der Waals surface area (Å²) in [6.45, 7) is 3.79. The third kappa shape index (κ3) is 3.84. The number of ether oxygens (including phenoxy) is 1. The summed E-state index contributed by atoms with van der Waals surface area (Å²) in [7, 11) is 0. The minimum Gasteiger partial charge on any atom is -0.488 e. The Morgan fingerprint density at radius 1 is 1.12 bits per heavy atom. The number of aromatic nitrogens is 2. The lowest BCUT2D eigenvalue weighted by molar-refractivity contribution is -0.121. The van der Waals surface area contributed by atoms with Gasteiger partial charge in [0.15, 0.2) is 0 Å². The van der Waals surface area contributed by atoms with E-state index in [4.69, 9.17) is 4.74 Å². The van der Waals surface area contributed by atoms with E-state index in [1.165, 1.54) is 0 Å². The van der Waals surface area contributed by atoms with Crippen molar-refractivity contribution in [3.8, 4) is 17.0 Å². The van der Waals surface area contributed by atoms with E-state index in [0.717, 1.165) is 38.9 Å². The van der Waals surface area contributed by atoms with E-state index < -0.39 is 17.7 Å². The van der Waals surface area contributed by atoms with Crippen molar-refractivity contribution < 1.29 is 19.1 Å². The molecule has 1 aromatic heterocycles. The molecule has 8 heteroatoms. The van der Waals surface area contributed by atoms with E-state index in [2.05, 4.69) is 15.3 Å². The minimum absolute atomic E-state index is 0.230. The number of nitrogens with zero attached hydrogens (tertiary/aromatic N) is 3. The molecule has 0 saturated heterocycles. The molecule has 0 saturated carbocycles. The largest absolute Gasteiger partial charge is 0.488 e. The van der Waals surface area contributed by atoms with Crippen LogP contribution in [0.15, 0.2) is 48.7 Å². The van der Waals surface area contributed by atoms with Gasteiger partial charge < -0.3 is 10.1 Å². The molecule has 3 heterocycles. The summed E-state index contributed by atoms with van der Waals surface area (Å²) in [5.74, 6) is -0.526. The van der Waals surface area contributed by atoms with E-state index >= 15 is 0 Å². The quantitative estimate of drug-likeness (QED) is 0.609. The van der Waals surface area contributed by atoms with Gasteiger partial charge in [-0.1, -0.05) is 12.1 Å². The Bertz CT molecular complexity index is 1270. The monoisotopic (exact) mass is 442 g/mol. The Morgan fingerprint density at radius 2 is 1.85 bits per heavy atom. The Hall–Kier alpha value is -4.07. The normalized spacial score (nSPS) is 16.4. The average molecular weight is 442 g/mol. The number of fused-ring (bicyclic) bond motifs is 2. The van der Waals surface area contributed by atoms with Gasteiger partial charge in [-0.25, -0.2) is 4.98 Å². The fourth-order valence-electron chi connectivity index (χ4n) is 4.20. The van der Waals surface area contributed by atoms with Gasteiger partial charge in [-0.05, 0) is 49.7 Å². The van der Waals surface area contributed by atoms with Gasteiger partial charge in [0.05, 0.1) is 34.8 Å². The fourth-order valence-corrected chi connectivity index (χ4v) is 4.20.